The molecule has 1 atom stereocenters. The second-order valence-electron chi connectivity index (χ2n) is 2.32. The Balaban J connectivity index is 4.18. The number of hydrogen-bond donors (Lipinski definition) is 0. The molecule has 0 aliphatic carbocycles. The van der Waals surface area contributed by atoms with Crippen LogP contribution in [0, 0.1) is 5.92 Å². The summed E-state index contributed by atoms with van der Waals surface area (Å²) >= 11 is 0. The highest BCUT2D eigenvalue weighted by Gasteiger charge is 2.12. The number of hydrogen-bond acceptors (Lipinski definition) is 2. The normalized spacial score (nSPS) is 12.5. The molecule has 0 fully saturated rings. The van der Waals surface area contributed by atoms with Gasteiger partial charge in [-0.15, -0.1) is 0 Å². The lowest BCUT2D eigenvalue weighted by molar-refractivity contribution is -0.129. The number of carbonyl (C=O) groups is 2. The summed E-state index contributed by atoms with van der Waals surface area (Å²) in [6.07, 6.45) is 3.11. The summed E-state index contributed by atoms with van der Waals surface area (Å²) in [5, 5.41) is 0. The van der Waals surface area contributed by atoms with Crippen LogP contribution in [0.2, 0.25) is 0 Å². The molecule has 0 spiro atoms. The molecule has 0 rings (SSSR count). The van der Waals surface area contributed by atoms with Crippen molar-refractivity contribution in [2.24, 2.45) is 10.9 Å². The van der Waals surface area contributed by atoms with Crippen LogP contribution in [0.15, 0.2) is 17.8 Å². The topological polar surface area (TPSA) is 49.7 Å². The van der Waals surface area contributed by atoms with Gasteiger partial charge in [-0.1, -0.05) is 6.58 Å². The highest BCUT2D eigenvalue weighted by molar-refractivity contribution is 5.94. The molecular weight excluding hydrogens is 156 g/mol. The number of aliphatic imine (C=N–C) groups is 1. The maximum absolute atomic E-state index is 11.2. The van der Waals surface area contributed by atoms with E-state index in [2.05, 4.69) is 11.6 Å². The first kappa shape index (κ1) is 10.6. The van der Waals surface area contributed by atoms with Crippen LogP contribution >= 0.6 is 0 Å². The standard InChI is InChI=1S/C8H12N2O2/c1-4-10(3)8(12)7(2)5-9-6-11/h4-7H,1H2,2-3H3. The SMILES string of the molecule is C=CN(C)C(=O)C(C)C=NC=O. The fourth-order valence-electron chi connectivity index (χ4n) is 0.639. The zero-order chi connectivity index (χ0) is 9.56. The molecule has 0 aromatic carbocycles. The molecule has 4 heteroatoms. The molecule has 2 amide bonds. The minimum Gasteiger partial charge on any atom is -0.322 e. The van der Waals surface area contributed by atoms with Crippen LogP contribution in [0.3, 0.4) is 0 Å². The van der Waals surface area contributed by atoms with Crippen molar-refractivity contribution in [1.29, 1.82) is 0 Å². The maximum atomic E-state index is 11.2. The van der Waals surface area contributed by atoms with Crippen molar-refractivity contribution in [3.05, 3.63) is 12.8 Å². The molecule has 0 N–H and O–H groups in total. The van der Waals surface area contributed by atoms with E-state index in [1.54, 1.807) is 14.0 Å². The van der Waals surface area contributed by atoms with E-state index in [0.717, 1.165) is 0 Å². The molecule has 0 saturated carbocycles. The molecular formula is C8H12N2O2. The lowest BCUT2D eigenvalue weighted by Gasteiger charge is -2.13. The lowest BCUT2D eigenvalue weighted by atomic mass is 10.2. The minimum absolute atomic E-state index is 0.143. The minimum atomic E-state index is -0.391. The Morgan fingerprint density at radius 1 is 1.67 bits per heavy atom. The molecule has 0 radical (unpaired) electrons. The van der Waals surface area contributed by atoms with E-state index in [1.165, 1.54) is 17.3 Å². The molecule has 12 heavy (non-hydrogen) atoms. The van der Waals surface area contributed by atoms with E-state index in [-0.39, 0.29) is 5.91 Å². The predicted molar refractivity (Wildman–Crippen MR) is 46.7 cm³/mol. The van der Waals surface area contributed by atoms with Gasteiger partial charge >= 0.3 is 0 Å². The highest BCUT2D eigenvalue weighted by atomic mass is 16.2. The largest absolute Gasteiger partial charge is 0.322 e. The van der Waals surface area contributed by atoms with Gasteiger partial charge in [0.15, 0.2) is 0 Å². The van der Waals surface area contributed by atoms with Gasteiger partial charge in [0.05, 0.1) is 5.92 Å². The van der Waals surface area contributed by atoms with Crippen LogP contribution in [-0.4, -0.2) is 30.5 Å². The van der Waals surface area contributed by atoms with Crippen molar-refractivity contribution in [2.45, 2.75) is 6.92 Å². The molecule has 0 heterocycles. The van der Waals surface area contributed by atoms with Gasteiger partial charge in [-0.25, -0.2) is 4.99 Å². The molecule has 4 nitrogen and oxygen atoms in total. The Labute approximate surface area is 71.6 Å². The van der Waals surface area contributed by atoms with E-state index < -0.39 is 5.92 Å². The van der Waals surface area contributed by atoms with Crippen LogP contribution < -0.4 is 0 Å². The predicted octanol–water partition coefficient (Wildman–Crippen LogP) is 0.452. The highest BCUT2D eigenvalue weighted by Crippen LogP contribution is 1.97. The summed E-state index contributed by atoms with van der Waals surface area (Å²) in [6.45, 7) is 5.10. The zero-order valence-corrected chi connectivity index (χ0v) is 7.23. The Hall–Kier alpha value is -1.45. The second kappa shape index (κ2) is 5.23. The van der Waals surface area contributed by atoms with Gasteiger partial charge in [0.1, 0.15) is 0 Å². The van der Waals surface area contributed by atoms with Gasteiger partial charge < -0.3 is 4.90 Å². The quantitative estimate of drug-likeness (QED) is 0.452. The molecule has 0 aliphatic rings. The van der Waals surface area contributed by atoms with E-state index in [0.29, 0.717) is 6.41 Å². The third-order valence-electron chi connectivity index (χ3n) is 1.38. The molecule has 0 aromatic heterocycles. The molecule has 0 bridgehead atoms. The third kappa shape index (κ3) is 3.09. The average molecular weight is 168 g/mol. The molecule has 0 aromatic rings. The number of amides is 2. The monoisotopic (exact) mass is 168 g/mol. The summed E-state index contributed by atoms with van der Waals surface area (Å²) in [7, 11) is 1.60. The van der Waals surface area contributed by atoms with Crippen molar-refractivity contribution in [3.8, 4) is 0 Å². The summed E-state index contributed by atoms with van der Waals surface area (Å²) in [6, 6.07) is 0. The first-order valence-corrected chi connectivity index (χ1v) is 3.49. The summed E-state index contributed by atoms with van der Waals surface area (Å²) in [4.78, 5) is 25.7. The van der Waals surface area contributed by atoms with Crippen molar-refractivity contribution < 1.29 is 9.59 Å². The molecule has 0 aliphatic heterocycles. The molecule has 1 unspecified atom stereocenters. The Bertz CT molecular complexity index is 211. The van der Waals surface area contributed by atoms with Crippen LogP contribution in [-0.2, 0) is 9.59 Å². The van der Waals surface area contributed by atoms with E-state index in [4.69, 9.17) is 0 Å². The Morgan fingerprint density at radius 2 is 2.25 bits per heavy atom. The van der Waals surface area contributed by atoms with E-state index in [1.807, 2.05) is 0 Å². The van der Waals surface area contributed by atoms with Gasteiger partial charge in [-0.05, 0) is 13.1 Å². The van der Waals surface area contributed by atoms with E-state index in [9.17, 15) is 9.59 Å². The first-order chi connectivity index (χ1) is 5.63. The maximum Gasteiger partial charge on any atom is 0.234 e. The number of nitrogens with zero attached hydrogens (tertiary/aromatic N) is 2. The Kier molecular flexibility index (Phi) is 4.60. The van der Waals surface area contributed by atoms with Crippen LogP contribution in [0.5, 0.6) is 0 Å². The van der Waals surface area contributed by atoms with E-state index >= 15 is 0 Å². The zero-order valence-electron chi connectivity index (χ0n) is 7.23. The fraction of sp³-hybridized carbons (Fsp3) is 0.375. The smallest absolute Gasteiger partial charge is 0.234 e. The summed E-state index contributed by atoms with van der Waals surface area (Å²) in [5.74, 6) is -0.534. The van der Waals surface area contributed by atoms with Crippen molar-refractivity contribution >= 4 is 18.5 Å². The number of rotatable bonds is 4. The molecule has 0 saturated heterocycles. The lowest BCUT2D eigenvalue weighted by Crippen LogP contribution is -2.27. The summed E-state index contributed by atoms with van der Waals surface area (Å²) in [5.41, 5.74) is 0. The summed E-state index contributed by atoms with van der Waals surface area (Å²) < 4.78 is 0. The third-order valence-corrected chi connectivity index (χ3v) is 1.38. The number of carbonyl (C=O) groups excluding carboxylic acids is 2. The Morgan fingerprint density at radius 3 is 2.67 bits per heavy atom. The molecule has 66 valence electrons. The first-order valence-electron chi connectivity index (χ1n) is 3.49. The van der Waals surface area contributed by atoms with Crippen molar-refractivity contribution in [3.63, 3.8) is 0 Å². The van der Waals surface area contributed by atoms with Crippen molar-refractivity contribution in [2.75, 3.05) is 7.05 Å². The van der Waals surface area contributed by atoms with Crippen LogP contribution in [0.4, 0.5) is 0 Å². The fourth-order valence-corrected chi connectivity index (χ4v) is 0.639. The van der Waals surface area contributed by atoms with Gasteiger partial charge in [-0.2, -0.15) is 0 Å². The van der Waals surface area contributed by atoms with Gasteiger partial charge in [0, 0.05) is 13.3 Å². The van der Waals surface area contributed by atoms with Crippen LogP contribution in [0.1, 0.15) is 6.92 Å². The van der Waals surface area contributed by atoms with Gasteiger partial charge in [-0.3, -0.25) is 9.59 Å². The van der Waals surface area contributed by atoms with Gasteiger partial charge in [0.2, 0.25) is 12.3 Å². The average Bonchev–Trinajstić information content (AvgIpc) is 2.11. The van der Waals surface area contributed by atoms with Gasteiger partial charge in [0.25, 0.3) is 0 Å². The second-order valence-corrected chi connectivity index (χ2v) is 2.32. The van der Waals surface area contributed by atoms with Crippen LogP contribution in [0.25, 0.3) is 0 Å². The van der Waals surface area contributed by atoms with Crippen molar-refractivity contribution in [1.82, 2.24) is 4.90 Å².